The molecular formula is C79H156N2O6P+. The number of carbonyl (C=O) groups is 1. The summed E-state index contributed by atoms with van der Waals surface area (Å²) in [6.45, 7) is 4.86. The van der Waals surface area contributed by atoms with Crippen molar-refractivity contribution in [2.45, 2.75) is 424 Å². The number of rotatable bonds is 74. The molecule has 0 saturated heterocycles. The van der Waals surface area contributed by atoms with Gasteiger partial charge in [-0.2, -0.15) is 0 Å². The van der Waals surface area contributed by atoms with Crippen LogP contribution in [0.5, 0.6) is 0 Å². The first-order valence-corrected chi connectivity index (χ1v) is 40.9. The van der Waals surface area contributed by atoms with Gasteiger partial charge >= 0.3 is 7.82 Å². The van der Waals surface area contributed by atoms with Gasteiger partial charge in [0.2, 0.25) is 5.91 Å². The lowest BCUT2D eigenvalue weighted by Crippen LogP contribution is -2.45. The molecule has 0 aliphatic rings. The average Bonchev–Trinajstić information content (AvgIpc) is 3.70. The highest BCUT2D eigenvalue weighted by atomic mass is 31.2. The molecule has 0 aromatic carbocycles. The number of phosphoric ester groups is 1. The average molecular weight is 1260 g/mol. The second kappa shape index (κ2) is 70.0. The first kappa shape index (κ1) is 86.7. The number of phosphoric acid groups is 1. The maximum atomic E-state index is 13.1. The van der Waals surface area contributed by atoms with Crippen molar-refractivity contribution >= 4 is 13.7 Å². The minimum atomic E-state index is -4.36. The van der Waals surface area contributed by atoms with Crippen LogP contribution in [0.2, 0.25) is 0 Å². The van der Waals surface area contributed by atoms with Gasteiger partial charge in [-0.15, -0.1) is 0 Å². The standard InChI is InChI=1S/C79H155N2O6P/c1-6-8-10-12-14-16-18-20-22-24-26-28-30-32-34-36-37-38-39-40-41-42-43-45-47-49-51-53-55-57-59-61-63-65-67-69-71-73-79(83)80-77(76-87-88(84,85)86-75-74-81(3,4)5)78(82)72-70-68-66-64-62-60-58-56-54-52-50-48-46-44-35-33-31-29-27-25-23-21-19-17-15-13-11-9-7-2/h24,26,62,64,70,72,77-78,82H,6-23,25,27-61,63,65-69,71,73-76H2,1-5H3,(H-,80,83,84,85)/p+1/b26-24-,64-62+,72-70+. The van der Waals surface area contributed by atoms with E-state index < -0.39 is 20.0 Å². The van der Waals surface area contributed by atoms with E-state index in [-0.39, 0.29) is 19.1 Å². The number of likely N-dealkylation sites (N-methyl/N-ethyl adjacent to an activating group) is 1. The van der Waals surface area contributed by atoms with Crippen molar-refractivity contribution < 1.29 is 32.9 Å². The van der Waals surface area contributed by atoms with Crippen LogP contribution < -0.4 is 5.32 Å². The van der Waals surface area contributed by atoms with Gasteiger partial charge in [0, 0.05) is 6.42 Å². The number of quaternary nitrogens is 1. The predicted molar refractivity (Wildman–Crippen MR) is 388 cm³/mol. The molecule has 9 heteroatoms. The topological polar surface area (TPSA) is 105 Å². The smallest absolute Gasteiger partial charge is 0.387 e. The molecule has 8 nitrogen and oxygen atoms in total. The minimum Gasteiger partial charge on any atom is -0.387 e. The van der Waals surface area contributed by atoms with E-state index in [2.05, 4.69) is 43.5 Å². The number of unbranched alkanes of at least 4 members (excludes halogenated alkanes) is 57. The molecule has 0 heterocycles. The number of allylic oxidation sites excluding steroid dienone is 5. The van der Waals surface area contributed by atoms with Crippen LogP contribution in [0.15, 0.2) is 36.5 Å². The van der Waals surface area contributed by atoms with Crippen LogP contribution in [0.1, 0.15) is 412 Å². The number of amides is 1. The van der Waals surface area contributed by atoms with Crippen LogP contribution in [-0.4, -0.2) is 73.4 Å². The number of carbonyl (C=O) groups excluding carboxylic acids is 1. The van der Waals surface area contributed by atoms with Gasteiger partial charge in [0.15, 0.2) is 0 Å². The SMILES string of the molecule is CCCCCCCCCC/C=C\CCCCCCCCCCCCCCCCCCCCCCCCCCCC(=O)NC(COP(=O)(O)OCC[N+](C)(C)C)C(O)/C=C/CC/C=C/CCCCCCCCCCCCCCCCCCCCCCCCC. The highest BCUT2D eigenvalue weighted by Crippen LogP contribution is 2.43. The molecule has 0 bridgehead atoms. The highest BCUT2D eigenvalue weighted by Gasteiger charge is 2.28. The second-order valence-electron chi connectivity index (χ2n) is 28.4. The molecule has 3 unspecified atom stereocenters. The molecule has 0 aromatic heterocycles. The second-order valence-corrected chi connectivity index (χ2v) is 29.9. The van der Waals surface area contributed by atoms with Crippen molar-refractivity contribution in [1.82, 2.24) is 5.32 Å². The third kappa shape index (κ3) is 72.2. The van der Waals surface area contributed by atoms with Crippen molar-refractivity contribution in [2.24, 2.45) is 0 Å². The summed E-state index contributed by atoms with van der Waals surface area (Å²) >= 11 is 0. The largest absolute Gasteiger partial charge is 0.472 e. The Morgan fingerprint density at radius 3 is 0.909 bits per heavy atom. The Balaban J connectivity index is 3.97. The maximum Gasteiger partial charge on any atom is 0.472 e. The molecule has 0 radical (unpaired) electrons. The van der Waals surface area contributed by atoms with Gasteiger partial charge < -0.3 is 19.8 Å². The third-order valence-corrected chi connectivity index (χ3v) is 19.3. The molecule has 0 aliphatic heterocycles. The van der Waals surface area contributed by atoms with Crippen molar-refractivity contribution in [3.8, 4) is 0 Å². The Morgan fingerprint density at radius 2 is 0.625 bits per heavy atom. The van der Waals surface area contributed by atoms with Crippen LogP contribution in [0.4, 0.5) is 0 Å². The van der Waals surface area contributed by atoms with E-state index in [9.17, 15) is 19.4 Å². The van der Waals surface area contributed by atoms with Crippen LogP contribution >= 0.6 is 7.82 Å². The van der Waals surface area contributed by atoms with Gasteiger partial charge in [-0.1, -0.05) is 384 Å². The van der Waals surface area contributed by atoms with Crippen LogP contribution in [0, 0.1) is 0 Å². The van der Waals surface area contributed by atoms with Gasteiger partial charge in [-0.3, -0.25) is 13.8 Å². The molecular weight excluding hydrogens is 1100 g/mol. The highest BCUT2D eigenvalue weighted by molar-refractivity contribution is 7.47. The van der Waals surface area contributed by atoms with E-state index in [4.69, 9.17) is 9.05 Å². The Kier molecular flexibility index (Phi) is 69.0. The zero-order valence-electron chi connectivity index (χ0n) is 60.0. The Hall–Kier alpha value is -1.28. The first-order valence-electron chi connectivity index (χ1n) is 39.4. The number of nitrogens with one attached hydrogen (secondary N) is 1. The van der Waals surface area contributed by atoms with Crippen molar-refractivity contribution in [2.75, 3.05) is 40.9 Å². The van der Waals surface area contributed by atoms with Gasteiger partial charge in [-0.05, 0) is 57.8 Å². The normalized spacial score (nSPS) is 13.7. The Bertz CT molecular complexity index is 1530. The van der Waals surface area contributed by atoms with Gasteiger partial charge in [0.25, 0.3) is 0 Å². The number of aliphatic hydroxyl groups excluding tert-OH is 1. The zero-order valence-corrected chi connectivity index (χ0v) is 60.9. The summed E-state index contributed by atoms with van der Waals surface area (Å²) in [5.41, 5.74) is 0. The monoisotopic (exact) mass is 1260 g/mol. The number of aliphatic hydroxyl groups is 1. The fraction of sp³-hybridized carbons (Fsp3) is 0.911. The third-order valence-electron chi connectivity index (χ3n) is 18.3. The summed E-state index contributed by atoms with van der Waals surface area (Å²) in [7, 11) is 1.58. The van der Waals surface area contributed by atoms with E-state index in [0.717, 1.165) is 38.5 Å². The van der Waals surface area contributed by atoms with Gasteiger partial charge in [0.1, 0.15) is 13.2 Å². The van der Waals surface area contributed by atoms with E-state index in [1.807, 2.05) is 27.2 Å². The number of hydrogen-bond acceptors (Lipinski definition) is 5. The minimum absolute atomic E-state index is 0.0585. The van der Waals surface area contributed by atoms with E-state index in [1.54, 1.807) is 6.08 Å². The van der Waals surface area contributed by atoms with Crippen molar-refractivity contribution in [3.63, 3.8) is 0 Å². The lowest BCUT2D eigenvalue weighted by Gasteiger charge is -2.25. The molecule has 0 spiro atoms. The summed E-state index contributed by atoms with van der Waals surface area (Å²) < 4.78 is 23.9. The predicted octanol–water partition coefficient (Wildman–Crippen LogP) is 25.6. The molecule has 3 atom stereocenters. The molecule has 1 amide bonds. The van der Waals surface area contributed by atoms with Crippen LogP contribution in [0.25, 0.3) is 0 Å². The summed E-state index contributed by atoms with van der Waals surface area (Å²) in [5.74, 6) is -0.177. The number of hydrogen-bond donors (Lipinski definition) is 3. The fourth-order valence-electron chi connectivity index (χ4n) is 12.2. The molecule has 0 fully saturated rings. The zero-order chi connectivity index (χ0) is 64.1. The van der Waals surface area contributed by atoms with Crippen LogP contribution in [-0.2, 0) is 18.4 Å². The van der Waals surface area contributed by atoms with E-state index in [0.29, 0.717) is 17.4 Å². The summed E-state index contributed by atoms with van der Waals surface area (Å²) in [4.78, 5) is 23.5. The van der Waals surface area contributed by atoms with E-state index >= 15 is 0 Å². The summed E-state index contributed by atoms with van der Waals surface area (Å²) in [6.07, 6.45) is 94.9. The quantitative estimate of drug-likeness (QED) is 0.0243. The van der Waals surface area contributed by atoms with Crippen molar-refractivity contribution in [1.29, 1.82) is 0 Å². The van der Waals surface area contributed by atoms with Gasteiger partial charge in [0.05, 0.1) is 39.9 Å². The molecule has 88 heavy (non-hydrogen) atoms. The number of nitrogens with zero attached hydrogens (tertiary/aromatic N) is 1. The maximum absolute atomic E-state index is 13.1. The molecule has 522 valence electrons. The molecule has 0 aromatic rings. The molecule has 0 aliphatic carbocycles. The summed E-state index contributed by atoms with van der Waals surface area (Å²) in [6, 6.07) is -0.864. The molecule has 0 rings (SSSR count). The van der Waals surface area contributed by atoms with E-state index in [1.165, 1.54) is 353 Å². The van der Waals surface area contributed by atoms with Crippen LogP contribution in [0.3, 0.4) is 0 Å². The fourth-order valence-corrected chi connectivity index (χ4v) is 13.0. The lowest BCUT2D eigenvalue weighted by molar-refractivity contribution is -0.870. The van der Waals surface area contributed by atoms with Gasteiger partial charge in [-0.25, -0.2) is 4.57 Å². The molecule has 0 saturated carbocycles. The molecule has 3 N–H and O–H groups in total. The summed E-state index contributed by atoms with van der Waals surface area (Å²) in [5, 5.41) is 14.0. The van der Waals surface area contributed by atoms with Crippen molar-refractivity contribution in [3.05, 3.63) is 36.5 Å². The first-order chi connectivity index (χ1) is 43.0. The Morgan fingerprint density at radius 1 is 0.375 bits per heavy atom. The Labute approximate surface area is 550 Å². The lowest BCUT2D eigenvalue weighted by atomic mass is 10.0.